The van der Waals surface area contributed by atoms with E-state index < -0.39 is 29.8 Å². The Morgan fingerprint density at radius 3 is 2.58 bits per heavy atom. The maximum atomic E-state index is 14.3. The number of nitrogens with zero attached hydrogens (tertiary/aromatic N) is 4. The smallest absolute Gasteiger partial charge is 0.407 e. The Morgan fingerprint density at radius 1 is 1.25 bits per heavy atom. The number of rotatable bonds is 6. The van der Waals surface area contributed by atoms with Gasteiger partial charge in [-0.25, -0.2) is 14.2 Å². The molecular formula is C24H26Cl2FN5O4. The van der Waals surface area contributed by atoms with Crippen LogP contribution in [0.3, 0.4) is 0 Å². The molecule has 2 aromatic rings. The highest BCUT2D eigenvalue weighted by Crippen LogP contribution is 2.42. The van der Waals surface area contributed by atoms with Crippen molar-refractivity contribution >= 4 is 46.9 Å². The van der Waals surface area contributed by atoms with Crippen LogP contribution >= 0.6 is 23.2 Å². The molecule has 192 valence electrons. The van der Waals surface area contributed by atoms with Crippen molar-refractivity contribution in [2.75, 3.05) is 39.0 Å². The lowest BCUT2D eigenvalue weighted by molar-refractivity contribution is -0.189. The van der Waals surface area contributed by atoms with E-state index >= 15 is 0 Å². The van der Waals surface area contributed by atoms with Crippen LogP contribution in [0.4, 0.5) is 15.0 Å². The zero-order chi connectivity index (χ0) is 26.0. The monoisotopic (exact) mass is 537 g/mol. The van der Waals surface area contributed by atoms with Crippen molar-refractivity contribution in [3.63, 3.8) is 0 Å². The first-order valence-corrected chi connectivity index (χ1v) is 12.0. The Hall–Kier alpha value is -2.76. The lowest BCUT2D eigenvalue weighted by atomic mass is 9.90. The summed E-state index contributed by atoms with van der Waals surface area (Å²) in [5, 5.41) is 9.54. The third-order valence-electron chi connectivity index (χ3n) is 6.38. The Kier molecular flexibility index (Phi) is 7.82. The number of aliphatic imine (C=N–C) groups is 1. The molecule has 2 unspecified atom stereocenters. The minimum Gasteiger partial charge on any atom is -0.465 e. The molecule has 0 radical (unpaired) electrons. The predicted octanol–water partition coefficient (Wildman–Crippen LogP) is 4.32. The van der Waals surface area contributed by atoms with Crippen molar-refractivity contribution in [1.29, 1.82) is 0 Å². The SMILES string of the molecule is CO[C@@H]1C(c2ccc(N)nc2)=CN=CC1(OC(C)c1c(Cl)ccc(F)c1Cl)N1CCN(C(=O)O)CC1. The van der Waals surface area contributed by atoms with Crippen molar-refractivity contribution in [3.05, 3.63) is 63.7 Å². The average molecular weight is 538 g/mol. The minimum atomic E-state index is -1.30. The van der Waals surface area contributed by atoms with Gasteiger partial charge in [0.2, 0.25) is 0 Å². The number of halogens is 3. The molecule has 12 heteroatoms. The highest BCUT2D eigenvalue weighted by atomic mass is 35.5. The fourth-order valence-corrected chi connectivity index (χ4v) is 5.28. The number of hydrogen-bond donors (Lipinski definition) is 2. The van der Waals surface area contributed by atoms with Gasteiger partial charge >= 0.3 is 6.09 Å². The van der Waals surface area contributed by atoms with E-state index in [-0.39, 0.29) is 28.7 Å². The van der Waals surface area contributed by atoms with Gasteiger partial charge < -0.3 is 25.2 Å². The van der Waals surface area contributed by atoms with Gasteiger partial charge in [-0.2, -0.15) is 0 Å². The number of pyridine rings is 1. The Bertz CT molecular complexity index is 1190. The van der Waals surface area contributed by atoms with Crippen LogP contribution < -0.4 is 5.73 Å². The number of hydrogen-bond acceptors (Lipinski definition) is 7. The number of nitrogens with two attached hydrogens (primary N) is 1. The molecule has 1 aromatic carbocycles. The van der Waals surface area contributed by atoms with Gasteiger partial charge in [0.1, 0.15) is 17.7 Å². The van der Waals surface area contributed by atoms with Gasteiger partial charge in [0.15, 0.2) is 5.72 Å². The second-order valence-corrected chi connectivity index (χ2v) is 9.26. The summed E-state index contributed by atoms with van der Waals surface area (Å²) in [6.45, 7) is 2.89. The molecule has 36 heavy (non-hydrogen) atoms. The summed E-state index contributed by atoms with van der Waals surface area (Å²) in [4.78, 5) is 23.5. The molecule has 1 saturated heterocycles. The lowest BCUT2D eigenvalue weighted by Crippen LogP contribution is -2.66. The van der Waals surface area contributed by atoms with E-state index in [1.165, 1.54) is 17.0 Å². The van der Waals surface area contributed by atoms with Gasteiger partial charge in [0.25, 0.3) is 0 Å². The summed E-state index contributed by atoms with van der Waals surface area (Å²) in [6.07, 6.45) is 2.39. The van der Waals surface area contributed by atoms with Crippen LogP contribution in [-0.4, -0.2) is 77.3 Å². The predicted molar refractivity (Wildman–Crippen MR) is 136 cm³/mol. The summed E-state index contributed by atoms with van der Waals surface area (Å²) in [5.74, 6) is -0.256. The third-order valence-corrected chi connectivity index (χ3v) is 7.10. The highest BCUT2D eigenvalue weighted by molar-refractivity contribution is 6.36. The molecule has 3 N–H and O–H groups in total. The first-order chi connectivity index (χ1) is 17.2. The summed E-state index contributed by atoms with van der Waals surface area (Å²) >= 11 is 12.7. The van der Waals surface area contributed by atoms with Crippen molar-refractivity contribution < 1.29 is 23.8 Å². The molecule has 2 aliphatic heterocycles. The van der Waals surface area contributed by atoms with Crippen LogP contribution in [0.2, 0.25) is 10.0 Å². The highest BCUT2D eigenvalue weighted by Gasteiger charge is 2.50. The van der Waals surface area contributed by atoms with Gasteiger partial charge in [-0.05, 0) is 31.2 Å². The van der Waals surface area contributed by atoms with Crippen LogP contribution in [-0.2, 0) is 9.47 Å². The number of benzene rings is 1. The molecule has 9 nitrogen and oxygen atoms in total. The normalized spacial score (nSPS) is 23.4. The van der Waals surface area contributed by atoms with Crippen molar-refractivity contribution in [2.45, 2.75) is 24.9 Å². The molecule has 3 atom stereocenters. The molecule has 3 heterocycles. The molecule has 0 aliphatic carbocycles. The van der Waals surface area contributed by atoms with Gasteiger partial charge in [-0.15, -0.1) is 0 Å². The second kappa shape index (κ2) is 10.7. The molecule has 0 saturated carbocycles. The van der Waals surface area contributed by atoms with E-state index in [1.54, 1.807) is 44.8 Å². The van der Waals surface area contributed by atoms with Crippen LogP contribution in [0.25, 0.3) is 5.57 Å². The van der Waals surface area contributed by atoms with Crippen molar-refractivity contribution in [1.82, 2.24) is 14.8 Å². The fraction of sp³-hybridized carbons (Fsp3) is 0.375. The molecule has 1 fully saturated rings. The van der Waals surface area contributed by atoms with E-state index in [1.807, 2.05) is 4.90 Å². The molecule has 1 aromatic heterocycles. The van der Waals surface area contributed by atoms with Crippen molar-refractivity contribution in [3.8, 4) is 0 Å². The van der Waals surface area contributed by atoms with E-state index in [9.17, 15) is 14.3 Å². The standard InChI is InChI=1S/C24H26Cl2FN5O4/c1-14(20-17(25)4-5-18(27)21(20)26)36-24(32-9-7-31(8-10-32)23(33)34)13-29-12-16(22(24)35-2)15-3-6-19(28)30-11-15/h3-6,11-14,22H,7-10H2,1-2H3,(H2,28,30)(H,33,34)/t14?,22-,24?/m1/s1. The molecule has 1 amide bonds. The number of aromatic nitrogens is 1. The van der Waals surface area contributed by atoms with Crippen LogP contribution in [0, 0.1) is 5.82 Å². The van der Waals surface area contributed by atoms with E-state index in [0.717, 1.165) is 5.56 Å². The van der Waals surface area contributed by atoms with Gasteiger partial charge in [0.05, 0.1) is 17.3 Å². The Balaban J connectivity index is 1.77. The number of amides is 1. The second-order valence-electron chi connectivity index (χ2n) is 8.48. The summed E-state index contributed by atoms with van der Waals surface area (Å²) in [5.41, 5.74) is 6.15. The third kappa shape index (κ3) is 4.91. The first kappa shape index (κ1) is 26.3. The summed E-state index contributed by atoms with van der Waals surface area (Å²) < 4.78 is 27.0. The number of carbonyl (C=O) groups is 1. The Labute approximate surface area is 217 Å². The van der Waals surface area contributed by atoms with Gasteiger partial charge in [0, 0.05) is 67.4 Å². The van der Waals surface area contributed by atoms with Gasteiger partial charge in [-0.1, -0.05) is 23.2 Å². The van der Waals surface area contributed by atoms with E-state index in [4.69, 9.17) is 38.4 Å². The molecule has 4 rings (SSSR count). The van der Waals surface area contributed by atoms with Crippen LogP contribution in [0.5, 0.6) is 0 Å². The zero-order valence-electron chi connectivity index (χ0n) is 19.7. The average Bonchev–Trinajstić information content (AvgIpc) is 2.87. The maximum Gasteiger partial charge on any atom is 0.407 e. The van der Waals surface area contributed by atoms with Crippen LogP contribution in [0.1, 0.15) is 24.2 Å². The zero-order valence-corrected chi connectivity index (χ0v) is 21.2. The quantitative estimate of drug-likeness (QED) is 0.527. The largest absolute Gasteiger partial charge is 0.465 e. The Morgan fingerprint density at radius 2 is 1.97 bits per heavy atom. The van der Waals surface area contributed by atoms with E-state index in [2.05, 4.69) is 9.98 Å². The fourth-order valence-electron chi connectivity index (χ4n) is 4.60. The number of ether oxygens (including phenoxy) is 2. The molecule has 0 spiro atoms. The number of piperazine rings is 1. The number of anilines is 1. The molecular weight excluding hydrogens is 512 g/mol. The lowest BCUT2D eigenvalue weighted by Gasteiger charge is -2.50. The molecule has 2 aliphatic rings. The van der Waals surface area contributed by atoms with Crippen molar-refractivity contribution in [2.24, 2.45) is 4.99 Å². The minimum absolute atomic E-state index is 0.138. The maximum absolute atomic E-state index is 14.3. The number of methoxy groups -OCH3 is 1. The summed E-state index contributed by atoms with van der Waals surface area (Å²) in [6, 6.07) is 6.09. The first-order valence-electron chi connectivity index (χ1n) is 11.2. The topological polar surface area (TPSA) is 114 Å². The molecule has 0 bridgehead atoms. The number of carboxylic acid groups (broad SMARTS) is 1. The van der Waals surface area contributed by atoms with Crippen LogP contribution in [0.15, 0.2) is 41.7 Å². The van der Waals surface area contributed by atoms with E-state index in [0.29, 0.717) is 24.5 Å². The van der Waals surface area contributed by atoms with Gasteiger partial charge in [-0.3, -0.25) is 9.89 Å². The summed E-state index contributed by atoms with van der Waals surface area (Å²) in [7, 11) is 1.54. The number of nitrogen functional groups attached to an aromatic ring is 1.